The first-order chi connectivity index (χ1) is 11.4. The Balaban J connectivity index is 2.00. The zero-order valence-electron chi connectivity index (χ0n) is 14.0. The lowest BCUT2D eigenvalue weighted by Gasteiger charge is -2.23. The Morgan fingerprint density at radius 3 is 2.71 bits per heavy atom. The van der Waals surface area contributed by atoms with E-state index in [2.05, 4.69) is 5.32 Å². The number of carbonyl (C=O) groups excluding carboxylic acids is 1. The van der Waals surface area contributed by atoms with Crippen molar-refractivity contribution < 1.29 is 13.9 Å². The van der Waals surface area contributed by atoms with Crippen molar-refractivity contribution in [2.75, 3.05) is 5.32 Å². The molecule has 0 fully saturated rings. The molecule has 128 valence electrons. The molecule has 0 spiro atoms. The first kappa shape index (κ1) is 17.9. The standard InChI is InChI=1S/C19H23FN2O2/c1-3-10-19(2,21)18(23)22-16-8-5-9-17(12-16)24-13-14-6-4-7-15(20)11-14/h4-9,11-12H,3,10,13,21H2,1-2H3,(H,22,23). The van der Waals surface area contributed by atoms with E-state index in [1.807, 2.05) is 6.92 Å². The second-order valence-electron chi connectivity index (χ2n) is 6.07. The number of nitrogens with one attached hydrogen (secondary N) is 1. The molecule has 1 atom stereocenters. The Labute approximate surface area is 141 Å². The summed E-state index contributed by atoms with van der Waals surface area (Å²) in [4.78, 5) is 12.2. The minimum atomic E-state index is -0.910. The SMILES string of the molecule is CCCC(C)(N)C(=O)Nc1cccc(OCc2cccc(F)c2)c1. The molecule has 2 aromatic carbocycles. The maximum Gasteiger partial charge on any atom is 0.244 e. The smallest absolute Gasteiger partial charge is 0.244 e. The molecule has 1 amide bonds. The van der Waals surface area contributed by atoms with Crippen LogP contribution in [0.25, 0.3) is 0 Å². The molecule has 0 radical (unpaired) electrons. The molecule has 0 aliphatic rings. The van der Waals surface area contributed by atoms with Gasteiger partial charge >= 0.3 is 0 Å². The molecule has 3 N–H and O–H groups in total. The predicted octanol–water partition coefficient (Wildman–Crippen LogP) is 3.86. The molecule has 0 saturated carbocycles. The summed E-state index contributed by atoms with van der Waals surface area (Å²) < 4.78 is 18.8. The molecule has 2 aromatic rings. The van der Waals surface area contributed by atoms with Gasteiger partial charge in [-0.1, -0.05) is 31.5 Å². The van der Waals surface area contributed by atoms with E-state index in [9.17, 15) is 9.18 Å². The number of ether oxygens (including phenoxy) is 1. The highest BCUT2D eigenvalue weighted by molar-refractivity contribution is 5.97. The topological polar surface area (TPSA) is 64.4 Å². The highest BCUT2D eigenvalue weighted by Gasteiger charge is 2.27. The van der Waals surface area contributed by atoms with Gasteiger partial charge in [0.2, 0.25) is 5.91 Å². The van der Waals surface area contributed by atoms with E-state index in [0.717, 1.165) is 12.0 Å². The number of anilines is 1. The van der Waals surface area contributed by atoms with E-state index in [1.165, 1.54) is 12.1 Å². The largest absolute Gasteiger partial charge is 0.489 e. The van der Waals surface area contributed by atoms with Crippen LogP contribution in [0, 0.1) is 5.82 Å². The van der Waals surface area contributed by atoms with Gasteiger partial charge < -0.3 is 15.8 Å². The van der Waals surface area contributed by atoms with Gasteiger partial charge in [-0.15, -0.1) is 0 Å². The Morgan fingerprint density at radius 2 is 2.00 bits per heavy atom. The molecule has 1 unspecified atom stereocenters. The van der Waals surface area contributed by atoms with Crippen LogP contribution < -0.4 is 15.8 Å². The van der Waals surface area contributed by atoms with Crippen LogP contribution in [0.5, 0.6) is 5.75 Å². The van der Waals surface area contributed by atoms with Gasteiger partial charge in [0.1, 0.15) is 18.2 Å². The Bertz CT molecular complexity index is 701. The molecule has 0 saturated heterocycles. The van der Waals surface area contributed by atoms with Gasteiger partial charge in [0.05, 0.1) is 5.54 Å². The van der Waals surface area contributed by atoms with Crippen molar-refractivity contribution in [2.24, 2.45) is 5.73 Å². The summed E-state index contributed by atoms with van der Waals surface area (Å²) in [7, 11) is 0. The number of amides is 1. The van der Waals surface area contributed by atoms with Crippen LogP contribution in [-0.2, 0) is 11.4 Å². The number of hydrogen-bond acceptors (Lipinski definition) is 3. The molecule has 0 bridgehead atoms. The summed E-state index contributed by atoms with van der Waals surface area (Å²) >= 11 is 0. The van der Waals surface area contributed by atoms with E-state index >= 15 is 0 Å². The lowest BCUT2D eigenvalue weighted by molar-refractivity contribution is -0.120. The van der Waals surface area contributed by atoms with Crippen LogP contribution in [0.1, 0.15) is 32.3 Å². The molecule has 0 heterocycles. The molecule has 0 aliphatic heterocycles. The number of hydrogen-bond donors (Lipinski definition) is 2. The van der Waals surface area contributed by atoms with E-state index in [-0.39, 0.29) is 18.3 Å². The summed E-state index contributed by atoms with van der Waals surface area (Å²) in [6.07, 6.45) is 1.44. The van der Waals surface area contributed by atoms with Gasteiger partial charge in [-0.2, -0.15) is 0 Å². The third-order valence-corrected chi connectivity index (χ3v) is 3.67. The summed E-state index contributed by atoms with van der Waals surface area (Å²) in [5, 5.41) is 2.81. The van der Waals surface area contributed by atoms with Gasteiger partial charge in [-0.3, -0.25) is 4.79 Å². The molecule has 0 aliphatic carbocycles. The summed E-state index contributed by atoms with van der Waals surface area (Å²) in [6.45, 7) is 3.95. The fraction of sp³-hybridized carbons (Fsp3) is 0.316. The average Bonchev–Trinajstić information content (AvgIpc) is 2.53. The van der Waals surface area contributed by atoms with Gasteiger partial charge in [-0.05, 0) is 43.2 Å². The van der Waals surface area contributed by atoms with Crippen molar-refractivity contribution in [3.8, 4) is 5.75 Å². The lowest BCUT2D eigenvalue weighted by Crippen LogP contribution is -2.48. The molecule has 4 nitrogen and oxygen atoms in total. The normalized spacial score (nSPS) is 13.2. The Hall–Kier alpha value is -2.40. The van der Waals surface area contributed by atoms with Crippen molar-refractivity contribution in [1.29, 1.82) is 0 Å². The fourth-order valence-electron chi connectivity index (χ4n) is 2.36. The van der Waals surface area contributed by atoms with Crippen molar-refractivity contribution in [3.05, 3.63) is 59.9 Å². The van der Waals surface area contributed by atoms with Crippen LogP contribution in [0.4, 0.5) is 10.1 Å². The van der Waals surface area contributed by atoms with Crippen LogP contribution in [0.15, 0.2) is 48.5 Å². The Morgan fingerprint density at radius 1 is 1.25 bits per heavy atom. The van der Waals surface area contributed by atoms with E-state index in [0.29, 0.717) is 17.9 Å². The predicted molar refractivity (Wildman–Crippen MR) is 93.3 cm³/mol. The van der Waals surface area contributed by atoms with Crippen LogP contribution in [0.2, 0.25) is 0 Å². The van der Waals surface area contributed by atoms with Crippen molar-refractivity contribution >= 4 is 11.6 Å². The second-order valence-corrected chi connectivity index (χ2v) is 6.07. The monoisotopic (exact) mass is 330 g/mol. The van der Waals surface area contributed by atoms with Gasteiger partial charge in [0.15, 0.2) is 0 Å². The summed E-state index contributed by atoms with van der Waals surface area (Å²) in [6, 6.07) is 13.3. The van der Waals surface area contributed by atoms with Crippen molar-refractivity contribution in [1.82, 2.24) is 0 Å². The average molecular weight is 330 g/mol. The van der Waals surface area contributed by atoms with Gasteiger partial charge in [0.25, 0.3) is 0 Å². The third-order valence-electron chi connectivity index (χ3n) is 3.67. The number of nitrogens with two attached hydrogens (primary N) is 1. The first-order valence-corrected chi connectivity index (χ1v) is 7.98. The number of rotatable bonds is 7. The van der Waals surface area contributed by atoms with E-state index in [1.54, 1.807) is 43.3 Å². The van der Waals surface area contributed by atoms with Gasteiger partial charge in [0, 0.05) is 11.8 Å². The van der Waals surface area contributed by atoms with E-state index < -0.39 is 5.54 Å². The molecule has 2 rings (SSSR count). The minimum absolute atomic E-state index is 0.230. The molecule has 5 heteroatoms. The first-order valence-electron chi connectivity index (χ1n) is 7.98. The van der Waals surface area contributed by atoms with Gasteiger partial charge in [-0.25, -0.2) is 4.39 Å². The van der Waals surface area contributed by atoms with E-state index in [4.69, 9.17) is 10.5 Å². The summed E-state index contributed by atoms with van der Waals surface area (Å²) in [5.74, 6) is 0.0631. The number of benzene rings is 2. The second kappa shape index (κ2) is 7.93. The zero-order chi connectivity index (χ0) is 17.6. The number of carbonyl (C=O) groups is 1. The maximum atomic E-state index is 13.2. The zero-order valence-corrected chi connectivity index (χ0v) is 14.0. The number of halogens is 1. The van der Waals surface area contributed by atoms with Crippen LogP contribution >= 0.6 is 0 Å². The van der Waals surface area contributed by atoms with Crippen LogP contribution in [-0.4, -0.2) is 11.4 Å². The molecule has 0 aromatic heterocycles. The molecular weight excluding hydrogens is 307 g/mol. The molecule has 24 heavy (non-hydrogen) atoms. The lowest BCUT2D eigenvalue weighted by atomic mass is 9.96. The summed E-state index contributed by atoms with van der Waals surface area (Å²) in [5.41, 5.74) is 6.47. The van der Waals surface area contributed by atoms with Crippen molar-refractivity contribution in [2.45, 2.75) is 38.8 Å². The highest BCUT2D eigenvalue weighted by atomic mass is 19.1. The third kappa shape index (κ3) is 5.06. The Kier molecular flexibility index (Phi) is 5.93. The molecular formula is C19H23FN2O2. The van der Waals surface area contributed by atoms with Crippen molar-refractivity contribution in [3.63, 3.8) is 0 Å². The minimum Gasteiger partial charge on any atom is -0.489 e. The van der Waals surface area contributed by atoms with Crippen LogP contribution in [0.3, 0.4) is 0 Å². The quantitative estimate of drug-likeness (QED) is 0.810. The highest BCUT2D eigenvalue weighted by Crippen LogP contribution is 2.20. The maximum absolute atomic E-state index is 13.2. The fourth-order valence-corrected chi connectivity index (χ4v) is 2.36.